The van der Waals surface area contributed by atoms with Crippen LogP contribution in [-0.4, -0.2) is 24.6 Å². The van der Waals surface area contributed by atoms with Crippen LogP contribution < -0.4 is 5.32 Å². The van der Waals surface area contributed by atoms with Crippen LogP contribution in [0.3, 0.4) is 0 Å². The number of allylic oxidation sites excluding steroid dienone is 3. The lowest BCUT2D eigenvalue weighted by molar-refractivity contribution is -0.138. The smallest absolute Gasteiger partial charge is 0.336 e. The van der Waals surface area contributed by atoms with Crippen LogP contribution in [0.2, 0.25) is 0 Å². The molecule has 1 atom stereocenters. The van der Waals surface area contributed by atoms with E-state index in [2.05, 4.69) is 19.2 Å². The van der Waals surface area contributed by atoms with Gasteiger partial charge >= 0.3 is 5.97 Å². The minimum atomic E-state index is -0.375. The molecule has 1 aliphatic carbocycles. The molecule has 0 amide bonds. The van der Waals surface area contributed by atoms with E-state index in [1.807, 2.05) is 37.4 Å². The molecule has 0 spiro atoms. The molecule has 27 heavy (non-hydrogen) atoms. The maximum Gasteiger partial charge on any atom is 0.336 e. The molecule has 1 aromatic rings. The van der Waals surface area contributed by atoms with E-state index < -0.39 is 0 Å². The maximum atomic E-state index is 13.1. The first-order chi connectivity index (χ1) is 12.8. The number of rotatable bonds is 4. The highest BCUT2D eigenvalue weighted by Crippen LogP contribution is 2.46. The largest absolute Gasteiger partial charge is 0.463 e. The second kappa shape index (κ2) is 7.55. The molecule has 0 saturated heterocycles. The molecule has 3 rings (SSSR count). The zero-order valence-corrected chi connectivity index (χ0v) is 17.5. The van der Waals surface area contributed by atoms with Crippen LogP contribution >= 0.6 is 11.8 Å². The molecule has 0 radical (unpaired) electrons. The van der Waals surface area contributed by atoms with E-state index in [4.69, 9.17) is 4.74 Å². The Kier molecular flexibility index (Phi) is 5.52. The Morgan fingerprint density at radius 3 is 2.52 bits per heavy atom. The average molecular weight is 386 g/mol. The van der Waals surface area contributed by atoms with Crippen molar-refractivity contribution in [2.24, 2.45) is 5.41 Å². The number of Topliss-reactive ketones (excluding diaryl/α,β-unsaturated/α-hetero) is 1. The molecule has 1 N–H and O–H groups in total. The summed E-state index contributed by atoms with van der Waals surface area (Å²) in [6.45, 7) is 8.22. The van der Waals surface area contributed by atoms with Gasteiger partial charge in [-0.25, -0.2) is 4.79 Å². The third-order valence-corrected chi connectivity index (χ3v) is 5.93. The van der Waals surface area contributed by atoms with Gasteiger partial charge in [0.15, 0.2) is 5.78 Å². The van der Waals surface area contributed by atoms with Crippen molar-refractivity contribution in [3.63, 3.8) is 0 Å². The molecule has 0 saturated carbocycles. The van der Waals surface area contributed by atoms with E-state index in [9.17, 15) is 9.59 Å². The normalized spacial score (nSPS) is 21.7. The zero-order valence-electron chi connectivity index (χ0n) is 16.6. The third-order valence-electron chi connectivity index (χ3n) is 5.18. The van der Waals surface area contributed by atoms with E-state index in [1.165, 1.54) is 0 Å². The Labute approximate surface area is 165 Å². The molecule has 0 unspecified atom stereocenters. The summed E-state index contributed by atoms with van der Waals surface area (Å²) in [5.74, 6) is -0.618. The molecule has 144 valence electrons. The number of nitrogens with one attached hydrogen (secondary N) is 1. The van der Waals surface area contributed by atoms with E-state index >= 15 is 0 Å². The van der Waals surface area contributed by atoms with Crippen LogP contribution in [0.1, 0.15) is 52.0 Å². The third kappa shape index (κ3) is 3.84. The molecule has 1 heterocycles. The number of carbonyl (C=O) groups is 2. The summed E-state index contributed by atoms with van der Waals surface area (Å²) in [5, 5.41) is 3.35. The van der Waals surface area contributed by atoms with Crippen LogP contribution in [0, 0.1) is 5.41 Å². The van der Waals surface area contributed by atoms with Gasteiger partial charge < -0.3 is 10.1 Å². The van der Waals surface area contributed by atoms with Crippen LogP contribution in [0.4, 0.5) is 0 Å². The highest BCUT2D eigenvalue weighted by Gasteiger charge is 2.43. The van der Waals surface area contributed by atoms with Gasteiger partial charge in [0.1, 0.15) is 0 Å². The predicted octanol–water partition coefficient (Wildman–Crippen LogP) is 4.58. The molecule has 1 aliphatic heterocycles. The summed E-state index contributed by atoms with van der Waals surface area (Å²) < 4.78 is 5.33. The summed E-state index contributed by atoms with van der Waals surface area (Å²) in [5.41, 5.74) is 3.85. The van der Waals surface area contributed by atoms with Crippen LogP contribution in [0.25, 0.3) is 0 Å². The van der Waals surface area contributed by atoms with Gasteiger partial charge in [-0.1, -0.05) is 26.0 Å². The number of benzene rings is 1. The Morgan fingerprint density at radius 2 is 1.93 bits per heavy atom. The van der Waals surface area contributed by atoms with E-state index in [0.29, 0.717) is 18.6 Å². The van der Waals surface area contributed by atoms with Crippen molar-refractivity contribution in [3.8, 4) is 0 Å². The van der Waals surface area contributed by atoms with E-state index in [1.54, 1.807) is 18.7 Å². The predicted molar refractivity (Wildman–Crippen MR) is 108 cm³/mol. The fourth-order valence-corrected chi connectivity index (χ4v) is 4.45. The fraction of sp³-hybridized carbons (Fsp3) is 0.455. The van der Waals surface area contributed by atoms with Crippen molar-refractivity contribution in [2.75, 3.05) is 12.9 Å². The Bertz CT molecular complexity index is 834. The van der Waals surface area contributed by atoms with Gasteiger partial charge in [0, 0.05) is 34.2 Å². The Balaban J connectivity index is 2.15. The van der Waals surface area contributed by atoms with Crippen molar-refractivity contribution in [1.29, 1.82) is 0 Å². The Morgan fingerprint density at radius 1 is 1.26 bits per heavy atom. The molecule has 2 aliphatic rings. The number of esters is 1. The first kappa shape index (κ1) is 19.7. The molecular weight excluding hydrogens is 358 g/mol. The summed E-state index contributed by atoms with van der Waals surface area (Å²) in [7, 11) is 0. The first-order valence-electron chi connectivity index (χ1n) is 9.32. The number of carbonyl (C=O) groups excluding carboxylic acids is 2. The lowest BCUT2D eigenvalue weighted by Gasteiger charge is -2.39. The second-order valence-corrected chi connectivity index (χ2v) is 8.80. The molecule has 0 aromatic heterocycles. The van der Waals surface area contributed by atoms with Crippen molar-refractivity contribution in [2.45, 2.75) is 51.3 Å². The fourth-order valence-electron chi connectivity index (χ4n) is 4.05. The van der Waals surface area contributed by atoms with Gasteiger partial charge in [-0.05, 0) is 49.6 Å². The molecule has 0 bridgehead atoms. The Hall–Kier alpha value is -2.01. The summed E-state index contributed by atoms with van der Waals surface area (Å²) in [6, 6.07) is 8.12. The maximum absolute atomic E-state index is 13.1. The average Bonchev–Trinajstić information content (AvgIpc) is 2.59. The van der Waals surface area contributed by atoms with Gasteiger partial charge in [0.2, 0.25) is 0 Å². The molecular formula is C22H27NO3S. The van der Waals surface area contributed by atoms with Crippen LogP contribution in [0.15, 0.2) is 51.7 Å². The van der Waals surface area contributed by atoms with Gasteiger partial charge in [0.25, 0.3) is 0 Å². The number of thioether (sulfide) groups is 1. The van der Waals surface area contributed by atoms with Crippen molar-refractivity contribution >= 4 is 23.5 Å². The SMILES string of the molecule is CCOC(=O)C1=C(C)NC2=C(C(=O)CC(C)(C)C2)[C@H]1c1ccc(SC)cc1. The van der Waals surface area contributed by atoms with E-state index in [0.717, 1.165) is 33.8 Å². The summed E-state index contributed by atoms with van der Waals surface area (Å²) >= 11 is 1.67. The van der Waals surface area contributed by atoms with Crippen molar-refractivity contribution in [3.05, 3.63) is 52.4 Å². The summed E-state index contributed by atoms with van der Waals surface area (Å²) in [6.07, 6.45) is 3.31. The highest BCUT2D eigenvalue weighted by atomic mass is 32.2. The lowest BCUT2D eigenvalue weighted by atomic mass is 9.68. The topological polar surface area (TPSA) is 55.4 Å². The van der Waals surface area contributed by atoms with Gasteiger partial charge in [-0.3, -0.25) is 4.79 Å². The molecule has 5 heteroatoms. The monoisotopic (exact) mass is 385 g/mol. The quantitative estimate of drug-likeness (QED) is 0.607. The molecule has 4 nitrogen and oxygen atoms in total. The van der Waals surface area contributed by atoms with Crippen molar-refractivity contribution < 1.29 is 14.3 Å². The number of ether oxygens (including phenoxy) is 1. The number of hydrogen-bond donors (Lipinski definition) is 1. The zero-order chi connectivity index (χ0) is 19.8. The van der Waals surface area contributed by atoms with Gasteiger partial charge in [-0.15, -0.1) is 11.8 Å². The highest BCUT2D eigenvalue weighted by molar-refractivity contribution is 7.98. The van der Waals surface area contributed by atoms with Gasteiger partial charge in [0.05, 0.1) is 12.2 Å². The minimum absolute atomic E-state index is 0.0854. The number of dihydropyridines is 1. The first-order valence-corrected chi connectivity index (χ1v) is 10.5. The van der Waals surface area contributed by atoms with Gasteiger partial charge in [-0.2, -0.15) is 0 Å². The van der Waals surface area contributed by atoms with Crippen molar-refractivity contribution in [1.82, 2.24) is 5.32 Å². The number of ketones is 1. The minimum Gasteiger partial charge on any atom is -0.463 e. The molecule has 0 fully saturated rings. The lowest BCUT2D eigenvalue weighted by Crippen LogP contribution is -2.38. The standard InChI is InChI=1S/C22H27NO3S/c1-6-26-21(25)18-13(2)23-16-11-22(3,4)12-17(24)20(16)19(18)14-7-9-15(27-5)10-8-14/h7-10,19,23H,6,11-12H2,1-5H3/t19-/m0/s1. The summed E-state index contributed by atoms with van der Waals surface area (Å²) in [4.78, 5) is 27.0. The number of hydrogen-bond acceptors (Lipinski definition) is 5. The molecule has 1 aromatic carbocycles. The van der Waals surface area contributed by atoms with Crippen LogP contribution in [0.5, 0.6) is 0 Å². The van der Waals surface area contributed by atoms with Crippen LogP contribution in [-0.2, 0) is 14.3 Å². The van der Waals surface area contributed by atoms with E-state index in [-0.39, 0.29) is 23.1 Å². The second-order valence-electron chi connectivity index (χ2n) is 7.92.